The van der Waals surface area contributed by atoms with Gasteiger partial charge in [0.25, 0.3) is 0 Å². The number of amides is 1. The minimum absolute atomic E-state index is 0.0362. The molecule has 2 aliphatic rings. The third-order valence-corrected chi connectivity index (χ3v) is 6.72. The highest BCUT2D eigenvalue weighted by atomic mass is 35.5. The van der Waals surface area contributed by atoms with Gasteiger partial charge in [0.2, 0.25) is 5.91 Å². The summed E-state index contributed by atoms with van der Waals surface area (Å²) in [7, 11) is 0. The third kappa shape index (κ3) is 4.09. The van der Waals surface area contributed by atoms with Gasteiger partial charge < -0.3 is 4.90 Å². The van der Waals surface area contributed by atoms with Crippen molar-refractivity contribution in [3.63, 3.8) is 0 Å². The minimum Gasteiger partial charge on any atom is -0.332 e. The van der Waals surface area contributed by atoms with Crippen LogP contribution in [0.15, 0.2) is 48.5 Å². The lowest BCUT2D eigenvalue weighted by molar-refractivity contribution is -0.141. The van der Waals surface area contributed by atoms with Crippen molar-refractivity contribution in [1.82, 2.24) is 4.90 Å². The summed E-state index contributed by atoms with van der Waals surface area (Å²) in [6, 6.07) is 16.6. The van der Waals surface area contributed by atoms with Crippen LogP contribution in [-0.2, 0) is 4.79 Å². The van der Waals surface area contributed by atoms with E-state index >= 15 is 0 Å². The Hall–Kier alpha value is -1.51. The van der Waals surface area contributed by atoms with Gasteiger partial charge in [-0.15, -0.1) is 0 Å². The van der Waals surface area contributed by atoms with E-state index in [9.17, 15) is 4.79 Å². The summed E-state index contributed by atoms with van der Waals surface area (Å²) < 4.78 is 0. The Morgan fingerprint density at radius 3 is 2.39 bits per heavy atom. The fraction of sp³-hybridized carbons (Fsp3) is 0.458. The lowest BCUT2D eigenvalue weighted by Gasteiger charge is -2.46. The third-order valence-electron chi connectivity index (χ3n) is 6.23. The number of rotatable bonds is 6. The van der Waals surface area contributed by atoms with Gasteiger partial charge in [0.15, 0.2) is 0 Å². The topological polar surface area (TPSA) is 20.3 Å². The van der Waals surface area contributed by atoms with Crippen LogP contribution in [0.1, 0.15) is 68.5 Å². The number of piperidine rings is 1. The second kappa shape index (κ2) is 8.47. The van der Waals surface area contributed by atoms with Crippen molar-refractivity contribution in [2.45, 2.75) is 63.5 Å². The molecule has 0 N–H and O–H groups in total. The molecule has 148 valence electrons. The molecule has 1 aliphatic carbocycles. The van der Waals surface area contributed by atoms with Crippen LogP contribution in [0.3, 0.4) is 0 Å². The molecule has 2 fully saturated rings. The monoisotopic (exact) mass is 415 g/mol. The number of carbonyl (C=O) groups excluding carboxylic acids is 1. The molecule has 3 atom stereocenters. The summed E-state index contributed by atoms with van der Waals surface area (Å²) in [4.78, 5) is 15.4. The minimum atomic E-state index is 0.0362. The molecule has 1 heterocycles. The van der Waals surface area contributed by atoms with E-state index in [0.717, 1.165) is 29.3 Å². The van der Waals surface area contributed by atoms with Crippen molar-refractivity contribution < 1.29 is 4.79 Å². The number of carbonyl (C=O) groups is 1. The molecular formula is C24H27Cl2NO. The lowest BCUT2D eigenvalue weighted by atomic mass is 9.78. The van der Waals surface area contributed by atoms with E-state index in [-0.39, 0.29) is 12.0 Å². The molecule has 0 aromatic heterocycles. The van der Waals surface area contributed by atoms with Gasteiger partial charge in [-0.25, -0.2) is 0 Å². The van der Waals surface area contributed by atoms with E-state index in [1.807, 2.05) is 24.3 Å². The quantitative estimate of drug-likeness (QED) is 0.496. The molecule has 1 saturated carbocycles. The molecule has 0 spiro atoms. The number of halogens is 2. The second-order valence-corrected chi connectivity index (χ2v) is 9.06. The first-order valence-corrected chi connectivity index (χ1v) is 11.2. The van der Waals surface area contributed by atoms with E-state index in [2.05, 4.69) is 36.1 Å². The van der Waals surface area contributed by atoms with Gasteiger partial charge in [-0.2, -0.15) is 0 Å². The molecule has 1 unspecified atom stereocenters. The predicted octanol–water partition coefficient (Wildman–Crippen LogP) is 7.02. The highest BCUT2D eigenvalue weighted by Gasteiger charge is 2.45. The predicted molar refractivity (Wildman–Crippen MR) is 116 cm³/mol. The highest BCUT2D eigenvalue weighted by Crippen LogP contribution is 2.49. The Bertz CT molecular complexity index is 831. The van der Waals surface area contributed by atoms with Gasteiger partial charge in [0, 0.05) is 28.4 Å². The summed E-state index contributed by atoms with van der Waals surface area (Å²) in [5, 5.41) is 1.48. The molecule has 1 amide bonds. The smallest absolute Gasteiger partial charge is 0.223 e. The molecule has 2 aromatic carbocycles. The van der Waals surface area contributed by atoms with E-state index in [1.165, 1.54) is 24.0 Å². The number of likely N-dealkylation sites (tertiary alicyclic amines) is 1. The number of hydrogen-bond donors (Lipinski definition) is 0. The van der Waals surface area contributed by atoms with Crippen molar-refractivity contribution in [1.29, 1.82) is 0 Å². The molecule has 28 heavy (non-hydrogen) atoms. The largest absolute Gasteiger partial charge is 0.332 e. The maximum atomic E-state index is 13.2. The Morgan fingerprint density at radius 2 is 1.75 bits per heavy atom. The average molecular weight is 416 g/mol. The van der Waals surface area contributed by atoms with E-state index in [1.54, 1.807) is 0 Å². The van der Waals surface area contributed by atoms with Crippen LogP contribution < -0.4 is 0 Å². The highest BCUT2D eigenvalue weighted by molar-refractivity contribution is 6.30. The van der Waals surface area contributed by atoms with Crippen molar-refractivity contribution in [2.75, 3.05) is 0 Å². The first-order chi connectivity index (χ1) is 13.6. The summed E-state index contributed by atoms with van der Waals surface area (Å²) >= 11 is 12.5. The van der Waals surface area contributed by atoms with Crippen LogP contribution in [0, 0.1) is 5.92 Å². The Balaban J connectivity index is 1.79. The van der Waals surface area contributed by atoms with Crippen LogP contribution in [0.4, 0.5) is 0 Å². The Morgan fingerprint density at radius 1 is 1.00 bits per heavy atom. The molecular weight excluding hydrogens is 389 g/mol. The maximum absolute atomic E-state index is 13.2. The molecule has 2 aromatic rings. The normalized spacial score (nSPS) is 23.7. The molecule has 2 nitrogen and oxygen atoms in total. The summed E-state index contributed by atoms with van der Waals surface area (Å²) in [5.41, 5.74) is 2.39. The van der Waals surface area contributed by atoms with Gasteiger partial charge in [-0.3, -0.25) is 4.79 Å². The fourth-order valence-electron chi connectivity index (χ4n) is 4.82. The zero-order valence-electron chi connectivity index (χ0n) is 16.3. The van der Waals surface area contributed by atoms with Crippen LogP contribution in [0.25, 0.3) is 0 Å². The Labute approximate surface area is 177 Å². The molecule has 4 rings (SSSR count). The zero-order valence-corrected chi connectivity index (χ0v) is 17.8. The van der Waals surface area contributed by atoms with Crippen molar-refractivity contribution >= 4 is 29.1 Å². The first-order valence-electron chi connectivity index (χ1n) is 10.4. The van der Waals surface area contributed by atoms with Gasteiger partial charge in [-0.05, 0) is 67.0 Å². The van der Waals surface area contributed by atoms with Gasteiger partial charge in [-0.1, -0.05) is 60.8 Å². The summed E-state index contributed by atoms with van der Waals surface area (Å²) in [6.07, 6.45) is 6.11. The van der Waals surface area contributed by atoms with Crippen molar-refractivity contribution in [3.05, 3.63) is 69.7 Å². The SMILES string of the molecule is CCCC(C1CC1)N1C(=O)CC[C@H](c2cccc(Cl)c2)[C@H]1c1ccc(Cl)cc1. The molecule has 1 saturated heterocycles. The maximum Gasteiger partial charge on any atom is 0.223 e. The summed E-state index contributed by atoms with van der Waals surface area (Å²) in [6.45, 7) is 2.22. The van der Waals surface area contributed by atoms with Gasteiger partial charge in [0.05, 0.1) is 6.04 Å². The van der Waals surface area contributed by atoms with Crippen molar-refractivity contribution in [2.24, 2.45) is 5.92 Å². The van der Waals surface area contributed by atoms with E-state index in [0.29, 0.717) is 24.3 Å². The van der Waals surface area contributed by atoms with E-state index < -0.39 is 0 Å². The number of nitrogens with zero attached hydrogens (tertiary/aromatic N) is 1. The second-order valence-electron chi connectivity index (χ2n) is 8.19. The fourth-order valence-corrected chi connectivity index (χ4v) is 5.15. The van der Waals surface area contributed by atoms with E-state index in [4.69, 9.17) is 23.2 Å². The number of hydrogen-bond acceptors (Lipinski definition) is 1. The first kappa shape index (κ1) is 19.8. The summed E-state index contributed by atoms with van der Waals surface area (Å²) in [5.74, 6) is 1.19. The van der Waals surface area contributed by atoms with Gasteiger partial charge >= 0.3 is 0 Å². The molecule has 1 aliphatic heterocycles. The van der Waals surface area contributed by atoms with Crippen LogP contribution >= 0.6 is 23.2 Å². The lowest BCUT2D eigenvalue weighted by Crippen LogP contribution is -2.49. The Kier molecular flexibility index (Phi) is 5.99. The van der Waals surface area contributed by atoms with Crippen LogP contribution in [0.5, 0.6) is 0 Å². The van der Waals surface area contributed by atoms with Crippen LogP contribution in [-0.4, -0.2) is 16.8 Å². The number of benzene rings is 2. The van der Waals surface area contributed by atoms with Crippen molar-refractivity contribution in [3.8, 4) is 0 Å². The average Bonchev–Trinajstić information content (AvgIpc) is 3.52. The standard InChI is InChI=1S/C24H27Cl2NO/c1-2-4-22(16-7-8-16)27-23(28)14-13-21(18-5-3-6-20(26)15-18)24(27)17-9-11-19(25)12-10-17/h3,5-6,9-12,15-16,21-22,24H,2,4,7-8,13-14H2,1H3/t21-,22?,24-/m1/s1. The van der Waals surface area contributed by atoms with Gasteiger partial charge in [0.1, 0.15) is 0 Å². The zero-order chi connectivity index (χ0) is 19.7. The molecule has 0 bridgehead atoms. The molecule has 0 radical (unpaired) electrons. The molecule has 4 heteroatoms. The van der Waals surface area contributed by atoms with Crippen LogP contribution in [0.2, 0.25) is 10.0 Å².